The van der Waals surface area contributed by atoms with Crippen molar-refractivity contribution in [2.24, 2.45) is 0 Å². The first-order valence-corrected chi connectivity index (χ1v) is 7.15. The second-order valence-electron chi connectivity index (χ2n) is 4.07. The van der Waals surface area contributed by atoms with Crippen LogP contribution in [0, 0.1) is 0 Å². The predicted molar refractivity (Wildman–Crippen MR) is 78.8 cm³/mol. The number of thioether (sulfide) groups is 1. The van der Waals surface area contributed by atoms with Gasteiger partial charge >= 0.3 is 0 Å². The van der Waals surface area contributed by atoms with Crippen LogP contribution in [-0.4, -0.2) is 22.3 Å². The van der Waals surface area contributed by atoms with E-state index in [0.717, 1.165) is 22.0 Å². The van der Waals surface area contributed by atoms with Crippen molar-refractivity contribution in [3.05, 3.63) is 54.9 Å². The lowest BCUT2D eigenvalue weighted by Gasteiger charge is -2.08. The summed E-state index contributed by atoms with van der Waals surface area (Å²) in [5.74, 6) is 1.81. The summed E-state index contributed by atoms with van der Waals surface area (Å²) in [7, 11) is 0. The molecule has 3 rings (SSSR count). The van der Waals surface area contributed by atoms with Crippen molar-refractivity contribution < 1.29 is 4.74 Å². The maximum absolute atomic E-state index is 5.86. The van der Waals surface area contributed by atoms with Gasteiger partial charge in [0.15, 0.2) is 5.16 Å². The number of H-pyrrole nitrogens is 1. The molecule has 0 saturated carbocycles. The monoisotopic (exact) mass is 270 g/mol. The van der Waals surface area contributed by atoms with Crippen LogP contribution in [0.25, 0.3) is 10.8 Å². The van der Waals surface area contributed by atoms with Crippen molar-refractivity contribution in [2.45, 2.75) is 5.16 Å². The van der Waals surface area contributed by atoms with Gasteiger partial charge < -0.3 is 9.72 Å². The normalized spacial score (nSPS) is 10.7. The number of nitrogens with zero attached hydrogens (tertiary/aromatic N) is 1. The minimum absolute atomic E-state index is 0.666. The van der Waals surface area contributed by atoms with E-state index in [-0.39, 0.29) is 0 Å². The van der Waals surface area contributed by atoms with Gasteiger partial charge in [-0.05, 0) is 11.5 Å². The third kappa shape index (κ3) is 2.90. The number of hydrogen-bond acceptors (Lipinski definition) is 3. The first kappa shape index (κ1) is 12.1. The minimum atomic E-state index is 0.666. The summed E-state index contributed by atoms with van der Waals surface area (Å²) in [5.41, 5.74) is 0. The molecule has 3 aromatic rings. The van der Waals surface area contributed by atoms with E-state index in [1.807, 2.05) is 30.5 Å². The van der Waals surface area contributed by atoms with Crippen molar-refractivity contribution in [3.63, 3.8) is 0 Å². The lowest BCUT2D eigenvalue weighted by Crippen LogP contribution is -2.00. The highest BCUT2D eigenvalue weighted by atomic mass is 32.2. The molecule has 0 fully saturated rings. The molecule has 0 unspecified atom stereocenters. The Morgan fingerprint density at radius 2 is 2.00 bits per heavy atom. The Bertz CT molecular complexity index is 647. The zero-order chi connectivity index (χ0) is 12.9. The molecular weight excluding hydrogens is 256 g/mol. The molecule has 0 saturated heterocycles. The van der Waals surface area contributed by atoms with Gasteiger partial charge in [-0.1, -0.05) is 48.2 Å². The summed E-state index contributed by atoms with van der Waals surface area (Å²) in [6.07, 6.45) is 3.59. The number of aromatic nitrogens is 2. The van der Waals surface area contributed by atoms with Gasteiger partial charge in [-0.25, -0.2) is 4.98 Å². The fourth-order valence-corrected chi connectivity index (χ4v) is 2.59. The Hall–Kier alpha value is -1.94. The number of fused-ring (bicyclic) bond motifs is 1. The second kappa shape index (κ2) is 5.80. The average Bonchev–Trinajstić information content (AvgIpc) is 2.97. The highest BCUT2D eigenvalue weighted by Crippen LogP contribution is 2.25. The number of rotatable bonds is 5. The molecular formula is C15H14N2OS. The van der Waals surface area contributed by atoms with Gasteiger partial charge in [0.25, 0.3) is 0 Å². The third-order valence-electron chi connectivity index (χ3n) is 2.80. The predicted octanol–water partition coefficient (Wildman–Crippen LogP) is 3.73. The van der Waals surface area contributed by atoms with E-state index >= 15 is 0 Å². The molecule has 0 amide bonds. The minimum Gasteiger partial charge on any atom is -0.492 e. The molecule has 0 spiro atoms. The smallest absolute Gasteiger partial charge is 0.165 e. The summed E-state index contributed by atoms with van der Waals surface area (Å²) in [6, 6.07) is 14.4. The van der Waals surface area contributed by atoms with Gasteiger partial charge in [0.05, 0.1) is 6.61 Å². The Morgan fingerprint density at radius 1 is 1.11 bits per heavy atom. The van der Waals surface area contributed by atoms with E-state index in [9.17, 15) is 0 Å². The molecule has 0 aliphatic rings. The Labute approximate surface area is 116 Å². The summed E-state index contributed by atoms with van der Waals surface area (Å²) in [5, 5.41) is 3.30. The van der Waals surface area contributed by atoms with E-state index in [2.05, 4.69) is 28.2 Å². The van der Waals surface area contributed by atoms with Gasteiger partial charge in [-0.2, -0.15) is 0 Å². The standard InChI is InChI=1S/C15H14N2OS/c1-2-6-13-12(4-1)5-3-7-14(13)18-10-11-19-15-16-8-9-17-15/h1-9H,10-11H2,(H,16,17). The van der Waals surface area contributed by atoms with E-state index in [0.29, 0.717) is 6.61 Å². The van der Waals surface area contributed by atoms with Crippen molar-refractivity contribution in [2.75, 3.05) is 12.4 Å². The molecule has 2 aromatic carbocycles. The van der Waals surface area contributed by atoms with Gasteiger partial charge in [0.2, 0.25) is 0 Å². The summed E-state index contributed by atoms with van der Waals surface area (Å²) in [4.78, 5) is 7.22. The molecule has 1 N–H and O–H groups in total. The number of ether oxygens (including phenoxy) is 1. The van der Waals surface area contributed by atoms with Gasteiger partial charge in [0.1, 0.15) is 5.75 Å². The maximum atomic E-state index is 5.86. The average molecular weight is 270 g/mol. The molecule has 1 heterocycles. The van der Waals surface area contributed by atoms with Crippen molar-refractivity contribution in [1.82, 2.24) is 9.97 Å². The topological polar surface area (TPSA) is 37.9 Å². The maximum Gasteiger partial charge on any atom is 0.165 e. The molecule has 0 radical (unpaired) electrons. The highest BCUT2D eigenvalue weighted by Gasteiger charge is 2.01. The first-order valence-electron chi connectivity index (χ1n) is 6.16. The van der Waals surface area contributed by atoms with Crippen LogP contribution in [0.2, 0.25) is 0 Å². The number of benzene rings is 2. The molecule has 0 atom stereocenters. The van der Waals surface area contributed by atoms with Gasteiger partial charge in [-0.3, -0.25) is 0 Å². The molecule has 3 nitrogen and oxygen atoms in total. The van der Waals surface area contributed by atoms with E-state index in [1.54, 1.807) is 18.0 Å². The molecule has 1 aromatic heterocycles. The summed E-state index contributed by atoms with van der Waals surface area (Å²) < 4.78 is 5.86. The van der Waals surface area contributed by atoms with Crippen LogP contribution in [0.5, 0.6) is 5.75 Å². The Kier molecular flexibility index (Phi) is 3.70. The highest BCUT2D eigenvalue weighted by molar-refractivity contribution is 7.99. The fraction of sp³-hybridized carbons (Fsp3) is 0.133. The van der Waals surface area contributed by atoms with Crippen LogP contribution in [-0.2, 0) is 0 Å². The molecule has 96 valence electrons. The lowest BCUT2D eigenvalue weighted by atomic mass is 10.1. The van der Waals surface area contributed by atoms with Crippen molar-refractivity contribution >= 4 is 22.5 Å². The van der Waals surface area contributed by atoms with Crippen LogP contribution in [0.1, 0.15) is 0 Å². The number of hydrogen-bond donors (Lipinski definition) is 1. The summed E-state index contributed by atoms with van der Waals surface area (Å²) in [6.45, 7) is 0.666. The van der Waals surface area contributed by atoms with Crippen LogP contribution in [0.15, 0.2) is 60.0 Å². The van der Waals surface area contributed by atoms with Crippen molar-refractivity contribution in [1.29, 1.82) is 0 Å². The zero-order valence-corrected chi connectivity index (χ0v) is 11.2. The van der Waals surface area contributed by atoms with E-state index < -0.39 is 0 Å². The van der Waals surface area contributed by atoms with E-state index in [1.165, 1.54) is 5.39 Å². The molecule has 0 bridgehead atoms. The number of imidazole rings is 1. The summed E-state index contributed by atoms with van der Waals surface area (Å²) >= 11 is 1.66. The Morgan fingerprint density at radius 3 is 2.89 bits per heavy atom. The Balaban J connectivity index is 1.62. The van der Waals surface area contributed by atoms with Crippen LogP contribution in [0.3, 0.4) is 0 Å². The molecule has 0 aliphatic heterocycles. The van der Waals surface area contributed by atoms with Gasteiger partial charge in [-0.15, -0.1) is 0 Å². The molecule has 0 aliphatic carbocycles. The molecule has 19 heavy (non-hydrogen) atoms. The van der Waals surface area contributed by atoms with Crippen LogP contribution >= 0.6 is 11.8 Å². The van der Waals surface area contributed by atoms with Crippen LogP contribution in [0.4, 0.5) is 0 Å². The lowest BCUT2D eigenvalue weighted by molar-refractivity contribution is 0.348. The zero-order valence-electron chi connectivity index (χ0n) is 10.4. The van der Waals surface area contributed by atoms with Crippen LogP contribution < -0.4 is 4.74 Å². The fourth-order valence-electron chi connectivity index (χ4n) is 1.94. The number of nitrogens with one attached hydrogen (secondary N) is 1. The van der Waals surface area contributed by atoms with Gasteiger partial charge in [0, 0.05) is 23.5 Å². The second-order valence-corrected chi connectivity index (χ2v) is 5.15. The van der Waals surface area contributed by atoms with Crippen molar-refractivity contribution in [3.8, 4) is 5.75 Å². The third-order valence-corrected chi connectivity index (χ3v) is 3.67. The largest absolute Gasteiger partial charge is 0.492 e. The number of aromatic amines is 1. The quantitative estimate of drug-likeness (QED) is 0.567. The first-order chi connectivity index (χ1) is 9.43. The molecule has 4 heteroatoms. The van der Waals surface area contributed by atoms with E-state index in [4.69, 9.17) is 4.74 Å². The SMILES string of the molecule is c1ccc2c(OCCSc3ncc[nH]3)cccc2c1.